The van der Waals surface area contributed by atoms with Crippen LogP contribution in [0, 0.1) is 5.92 Å². The zero-order valence-corrected chi connectivity index (χ0v) is 9.75. The Bertz CT molecular complexity index is 416. The van der Waals surface area contributed by atoms with E-state index in [0.29, 0.717) is 12.6 Å². The van der Waals surface area contributed by atoms with E-state index in [4.69, 9.17) is 5.73 Å². The zero-order valence-electron chi connectivity index (χ0n) is 9.75. The minimum Gasteiger partial charge on any atom is -0.335 e. The maximum atomic E-state index is 12.2. The minimum absolute atomic E-state index is 0.0810. The lowest BCUT2D eigenvalue weighted by atomic mass is 10.2. The van der Waals surface area contributed by atoms with Gasteiger partial charge in [0.15, 0.2) is 0 Å². The van der Waals surface area contributed by atoms with Crippen LogP contribution in [-0.2, 0) is 11.3 Å². The summed E-state index contributed by atoms with van der Waals surface area (Å²) in [6.45, 7) is 0.704. The molecule has 90 valence electrons. The number of amides is 1. The highest BCUT2D eigenvalue weighted by Gasteiger charge is 2.45. The van der Waals surface area contributed by atoms with Gasteiger partial charge < -0.3 is 10.6 Å². The molecule has 4 heteroatoms. The molecule has 1 aromatic rings. The van der Waals surface area contributed by atoms with Crippen LogP contribution in [0.15, 0.2) is 24.5 Å². The summed E-state index contributed by atoms with van der Waals surface area (Å²) in [5, 5.41) is 0. The Kier molecular flexibility index (Phi) is 2.59. The highest BCUT2D eigenvalue weighted by atomic mass is 16.2. The van der Waals surface area contributed by atoms with Gasteiger partial charge >= 0.3 is 0 Å². The van der Waals surface area contributed by atoms with Gasteiger partial charge in [0.1, 0.15) is 0 Å². The highest BCUT2D eigenvalue weighted by Crippen LogP contribution is 2.36. The van der Waals surface area contributed by atoms with E-state index < -0.39 is 0 Å². The van der Waals surface area contributed by atoms with Gasteiger partial charge in [-0.2, -0.15) is 0 Å². The van der Waals surface area contributed by atoms with E-state index in [1.165, 1.54) is 0 Å². The van der Waals surface area contributed by atoms with Crippen molar-refractivity contribution in [3.8, 4) is 0 Å². The number of carbonyl (C=O) groups is 1. The first-order valence-electron chi connectivity index (χ1n) is 6.20. The van der Waals surface area contributed by atoms with Crippen LogP contribution >= 0.6 is 0 Å². The third-order valence-electron chi connectivity index (χ3n) is 3.53. The average Bonchev–Trinajstić information content (AvgIpc) is 3.22. The van der Waals surface area contributed by atoms with E-state index in [1.54, 1.807) is 12.4 Å². The lowest BCUT2D eigenvalue weighted by Gasteiger charge is -2.22. The summed E-state index contributed by atoms with van der Waals surface area (Å²) in [6, 6.07) is 4.48. The minimum atomic E-state index is 0.0810. The molecule has 1 amide bonds. The van der Waals surface area contributed by atoms with Crippen molar-refractivity contribution in [2.24, 2.45) is 11.7 Å². The Labute approximate surface area is 101 Å². The number of hydrogen-bond acceptors (Lipinski definition) is 3. The standard InChI is InChI=1S/C13H17N3O/c14-12-7-11(12)13(17)16(10-1-2-10)8-9-3-5-15-6-4-9/h3-6,10-12H,1-2,7-8,14H2. The number of carbonyl (C=O) groups excluding carboxylic acids is 1. The Morgan fingerprint density at radius 3 is 2.59 bits per heavy atom. The average molecular weight is 231 g/mol. The van der Waals surface area contributed by atoms with E-state index in [9.17, 15) is 4.79 Å². The molecule has 2 aliphatic carbocycles. The van der Waals surface area contributed by atoms with Crippen molar-refractivity contribution in [2.75, 3.05) is 0 Å². The second-order valence-electron chi connectivity index (χ2n) is 5.06. The summed E-state index contributed by atoms with van der Waals surface area (Å²) < 4.78 is 0. The van der Waals surface area contributed by atoms with E-state index in [0.717, 1.165) is 24.8 Å². The van der Waals surface area contributed by atoms with E-state index in [-0.39, 0.29) is 17.9 Å². The summed E-state index contributed by atoms with van der Waals surface area (Å²) >= 11 is 0. The smallest absolute Gasteiger partial charge is 0.227 e. The van der Waals surface area contributed by atoms with Crippen LogP contribution in [-0.4, -0.2) is 27.9 Å². The first-order valence-corrected chi connectivity index (χ1v) is 6.20. The summed E-state index contributed by atoms with van der Waals surface area (Å²) in [4.78, 5) is 18.2. The molecule has 0 spiro atoms. The number of hydrogen-bond donors (Lipinski definition) is 1. The fourth-order valence-electron chi connectivity index (χ4n) is 2.17. The molecule has 2 unspecified atom stereocenters. The summed E-state index contributed by atoms with van der Waals surface area (Å²) in [5.74, 6) is 0.328. The molecule has 1 aromatic heterocycles. The van der Waals surface area contributed by atoms with Crippen LogP contribution in [0.1, 0.15) is 24.8 Å². The van der Waals surface area contributed by atoms with Gasteiger partial charge in [-0.05, 0) is 37.0 Å². The van der Waals surface area contributed by atoms with Gasteiger partial charge in [0.2, 0.25) is 5.91 Å². The summed E-state index contributed by atoms with van der Waals surface area (Å²) in [5.41, 5.74) is 6.91. The fourth-order valence-corrected chi connectivity index (χ4v) is 2.17. The van der Waals surface area contributed by atoms with E-state index >= 15 is 0 Å². The van der Waals surface area contributed by atoms with Crippen LogP contribution in [0.25, 0.3) is 0 Å². The van der Waals surface area contributed by atoms with Crippen LogP contribution in [0.3, 0.4) is 0 Å². The summed E-state index contributed by atoms with van der Waals surface area (Å²) in [6.07, 6.45) is 6.68. The lowest BCUT2D eigenvalue weighted by Crippen LogP contribution is -2.35. The van der Waals surface area contributed by atoms with Gasteiger partial charge in [0, 0.05) is 31.0 Å². The Morgan fingerprint density at radius 2 is 2.06 bits per heavy atom. The van der Waals surface area contributed by atoms with Gasteiger partial charge in [-0.3, -0.25) is 9.78 Å². The maximum absolute atomic E-state index is 12.2. The molecule has 0 aromatic carbocycles. The topological polar surface area (TPSA) is 59.2 Å². The molecule has 2 N–H and O–H groups in total. The molecule has 2 atom stereocenters. The molecular weight excluding hydrogens is 214 g/mol. The quantitative estimate of drug-likeness (QED) is 0.838. The molecular formula is C13H17N3O. The molecule has 0 saturated heterocycles. The molecule has 2 aliphatic rings. The van der Waals surface area contributed by atoms with Crippen molar-refractivity contribution in [3.05, 3.63) is 30.1 Å². The molecule has 17 heavy (non-hydrogen) atoms. The van der Waals surface area contributed by atoms with Gasteiger partial charge in [0.25, 0.3) is 0 Å². The molecule has 0 aliphatic heterocycles. The second kappa shape index (κ2) is 4.11. The van der Waals surface area contributed by atoms with Gasteiger partial charge in [0.05, 0.1) is 5.92 Å². The highest BCUT2D eigenvalue weighted by molar-refractivity contribution is 5.83. The number of rotatable bonds is 4. The van der Waals surface area contributed by atoms with Crippen LogP contribution < -0.4 is 5.73 Å². The Hall–Kier alpha value is -1.42. The monoisotopic (exact) mass is 231 g/mol. The predicted molar refractivity (Wildman–Crippen MR) is 63.9 cm³/mol. The van der Waals surface area contributed by atoms with Crippen molar-refractivity contribution in [2.45, 2.75) is 37.9 Å². The van der Waals surface area contributed by atoms with E-state index in [1.807, 2.05) is 17.0 Å². The SMILES string of the molecule is NC1CC1C(=O)N(Cc1ccncc1)C1CC1. The Balaban J connectivity index is 1.70. The van der Waals surface area contributed by atoms with Crippen molar-refractivity contribution in [1.82, 2.24) is 9.88 Å². The number of nitrogens with two attached hydrogens (primary N) is 1. The number of nitrogens with zero attached hydrogens (tertiary/aromatic N) is 2. The number of aromatic nitrogens is 1. The Morgan fingerprint density at radius 1 is 1.41 bits per heavy atom. The molecule has 1 heterocycles. The number of pyridine rings is 1. The molecule has 2 saturated carbocycles. The molecule has 2 fully saturated rings. The molecule has 0 bridgehead atoms. The normalized spacial score (nSPS) is 26.6. The van der Waals surface area contributed by atoms with Gasteiger partial charge in [-0.1, -0.05) is 0 Å². The zero-order chi connectivity index (χ0) is 11.8. The van der Waals surface area contributed by atoms with Gasteiger partial charge in [-0.25, -0.2) is 0 Å². The fraction of sp³-hybridized carbons (Fsp3) is 0.538. The van der Waals surface area contributed by atoms with Crippen molar-refractivity contribution in [1.29, 1.82) is 0 Å². The van der Waals surface area contributed by atoms with Crippen LogP contribution in [0.2, 0.25) is 0 Å². The van der Waals surface area contributed by atoms with Crippen molar-refractivity contribution >= 4 is 5.91 Å². The van der Waals surface area contributed by atoms with Crippen molar-refractivity contribution < 1.29 is 4.79 Å². The second-order valence-corrected chi connectivity index (χ2v) is 5.06. The third-order valence-corrected chi connectivity index (χ3v) is 3.53. The van der Waals surface area contributed by atoms with Gasteiger partial charge in [-0.15, -0.1) is 0 Å². The van der Waals surface area contributed by atoms with Crippen LogP contribution in [0.4, 0.5) is 0 Å². The lowest BCUT2D eigenvalue weighted by molar-refractivity contribution is -0.133. The largest absolute Gasteiger partial charge is 0.335 e. The van der Waals surface area contributed by atoms with Crippen molar-refractivity contribution in [3.63, 3.8) is 0 Å². The van der Waals surface area contributed by atoms with Crippen LogP contribution in [0.5, 0.6) is 0 Å². The first-order chi connectivity index (χ1) is 8.25. The predicted octanol–water partition coefficient (Wildman–Crippen LogP) is 0.920. The van der Waals surface area contributed by atoms with E-state index in [2.05, 4.69) is 4.98 Å². The maximum Gasteiger partial charge on any atom is 0.227 e. The molecule has 4 nitrogen and oxygen atoms in total. The first kappa shape index (κ1) is 10.7. The third kappa shape index (κ3) is 2.31. The molecule has 3 rings (SSSR count). The summed E-state index contributed by atoms with van der Waals surface area (Å²) in [7, 11) is 0. The molecule has 0 radical (unpaired) electrons.